The molecular formula is C23H32ClN3O3S2. The summed E-state index contributed by atoms with van der Waals surface area (Å²) in [6.45, 7) is 8.13. The third kappa shape index (κ3) is 8.24. The van der Waals surface area contributed by atoms with Crippen molar-refractivity contribution in [1.82, 2.24) is 15.3 Å². The minimum atomic E-state index is -3.25. The van der Waals surface area contributed by atoms with E-state index in [-0.39, 0.29) is 10.8 Å². The summed E-state index contributed by atoms with van der Waals surface area (Å²) in [6, 6.07) is 10.2. The van der Waals surface area contributed by atoms with Gasteiger partial charge in [0.25, 0.3) is 0 Å². The summed E-state index contributed by atoms with van der Waals surface area (Å²) < 4.78 is 29.4. The van der Waals surface area contributed by atoms with E-state index in [0.29, 0.717) is 21.7 Å². The van der Waals surface area contributed by atoms with Gasteiger partial charge in [-0.25, -0.2) is 18.4 Å². The van der Waals surface area contributed by atoms with Crippen LogP contribution < -0.4 is 5.32 Å². The summed E-state index contributed by atoms with van der Waals surface area (Å²) in [5, 5.41) is 4.67. The molecular weight excluding hydrogens is 466 g/mol. The van der Waals surface area contributed by atoms with Crippen molar-refractivity contribution in [3.8, 4) is 11.3 Å². The summed E-state index contributed by atoms with van der Waals surface area (Å²) in [5.74, 6) is 0.822. The maximum absolute atomic E-state index is 11.7. The molecule has 3 aromatic rings. The molecule has 0 saturated heterocycles. The van der Waals surface area contributed by atoms with Gasteiger partial charge >= 0.3 is 0 Å². The Hall–Kier alpha value is -1.87. The highest BCUT2D eigenvalue weighted by atomic mass is 35.5. The summed E-state index contributed by atoms with van der Waals surface area (Å²) in [5.41, 5.74) is 1.46. The first-order valence-corrected chi connectivity index (χ1v) is 13.5. The molecule has 0 saturated carbocycles. The van der Waals surface area contributed by atoms with Crippen LogP contribution in [0.3, 0.4) is 0 Å². The van der Waals surface area contributed by atoms with Crippen LogP contribution in [0.15, 0.2) is 62.0 Å². The fourth-order valence-corrected chi connectivity index (χ4v) is 3.90. The molecule has 1 N–H and O–H groups in total. The summed E-state index contributed by atoms with van der Waals surface area (Å²) >= 11 is 7.26. The minimum absolute atomic E-state index is 0.173. The topological polar surface area (TPSA) is 85.1 Å². The Morgan fingerprint density at radius 3 is 2.19 bits per heavy atom. The van der Waals surface area contributed by atoms with Gasteiger partial charge in [0.05, 0.1) is 9.92 Å². The van der Waals surface area contributed by atoms with Crippen molar-refractivity contribution in [2.45, 2.75) is 55.0 Å². The normalized spacial score (nSPS) is 11.6. The zero-order valence-electron chi connectivity index (χ0n) is 19.6. The molecule has 176 valence electrons. The minimum Gasteiger partial charge on any atom is -0.433 e. The quantitative estimate of drug-likeness (QED) is 0.426. The molecule has 0 spiro atoms. The van der Waals surface area contributed by atoms with Crippen LogP contribution in [-0.2, 0) is 9.84 Å². The van der Waals surface area contributed by atoms with Gasteiger partial charge in [-0.2, -0.15) is 0 Å². The standard InChI is InChI=1S/C19H19ClN2O3S2.C2H7N.C2H6/c1-4-12(2)18-22-17(13-5-8-15(9-6-13)27(3,23)24)19(25-18)26-16-10-7-14(20)11-21-16;1-3-2;1-2/h5-12H,4H2,1-3H3;3H,1-2H3;1-2H3. The van der Waals surface area contributed by atoms with Crippen LogP contribution in [0.25, 0.3) is 11.3 Å². The third-order valence-electron chi connectivity index (χ3n) is 4.10. The molecule has 32 heavy (non-hydrogen) atoms. The second kappa shape index (κ2) is 13.6. The number of aromatic nitrogens is 2. The van der Waals surface area contributed by atoms with Crippen LogP contribution in [0.1, 0.15) is 45.9 Å². The van der Waals surface area contributed by atoms with Crippen molar-refractivity contribution in [2.24, 2.45) is 0 Å². The first kappa shape index (κ1) is 28.2. The average molecular weight is 498 g/mol. The van der Waals surface area contributed by atoms with Gasteiger partial charge in [0.1, 0.15) is 10.7 Å². The Morgan fingerprint density at radius 1 is 1.12 bits per heavy atom. The molecule has 1 atom stereocenters. The lowest BCUT2D eigenvalue weighted by atomic mass is 10.1. The van der Waals surface area contributed by atoms with E-state index in [0.717, 1.165) is 17.0 Å². The number of rotatable bonds is 6. The number of oxazole rings is 1. The number of hydrogen-bond acceptors (Lipinski definition) is 7. The molecule has 0 radical (unpaired) electrons. The van der Waals surface area contributed by atoms with Gasteiger partial charge in [-0.3, -0.25) is 0 Å². The highest BCUT2D eigenvalue weighted by molar-refractivity contribution is 7.99. The molecule has 6 nitrogen and oxygen atoms in total. The summed E-state index contributed by atoms with van der Waals surface area (Å²) in [6.07, 6.45) is 3.67. The number of hydrogen-bond donors (Lipinski definition) is 1. The van der Waals surface area contributed by atoms with Crippen molar-refractivity contribution in [2.75, 3.05) is 20.4 Å². The van der Waals surface area contributed by atoms with Crippen LogP contribution in [-0.4, -0.2) is 38.7 Å². The number of benzene rings is 1. The molecule has 3 rings (SSSR count). The van der Waals surface area contributed by atoms with Crippen LogP contribution >= 0.6 is 23.4 Å². The monoisotopic (exact) mass is 497 g/mol. The molecule has 0 amide bonds. The zero-order chi connectivity index (χ0) is 24.3. The number of pyridine rings is 1. The maximum atomic E-state index is 11.7. The molecule has 0 aliphatic carbocycles. The molecule has 0 aliphatic heterocycles. The molecule has 1 aromatic carbocycles. The van der Waals surface area contributed by atoms with E-state index in [1.54, 1.807) is 36.5 Å². The molecule has 2 heterocycles. The molecule has 0 bridgehead atoms. The largest absolute Gasteiger partial charge is 0.433 e. The SMILES string of the molecule is CC.CCC(C)c1nc(-c2ccc(S(C)(=O)=O)cc2)c(Sc2ccc(Cl)cn2)o1.CNC. The van der Waals surface area contributed by atoms with E-state index in [2.05, 4.69) is 29.1 Å². The highest BCUT2D eigenvalue weighted by Crippen LogP contribution is 2.38. The fourth-order valence-electron chi connectivity index (χ4n) is 2.34. The Morgan fingerprint density at radius 2 is 1.72 bits per heavy atom. The Kier molecular flexibility index (Phi) is 12.0. The maximum Gasteiger partial charge on any atom is 0.199 e. The van der Waals surface area contributed by atoms with Crippen molar-refractivity contribution in [1.29, 1.82) is 0 Å². The van der Waals surface area contributed by atoms with Crippen LogP contribution in [0, 0.1) is 0 Å². The van der Waals surface area contributed by atoms with Crippen molar-refractivity contribution < 1.29 is 12.8 Å². The smallest absolute Gasteiger partial charge is 0.199 e. The second-order valence-corrected chi connectivity index (χ2v) is 10.2. The van der Waals surface area contributed by atoms with E-state index in [4.69, 9.17) is 16.0 Å². The zero-order valence-corrected chi connectivity index (χ0v) is 22.0. The number of halogens is 1. The Labute approximate surface area is 201 Å². The highest BCUT2D eigenvalue weighted by Gasteiger charge is 2.20. The van der Waals surface area contributed by atoms with Crippen LogP contribution in [0.4, 0.5) is 0 Å². The van der Waals surface area contributed by atoms with Crippen molar-refractivity contribution >= 4 is 33.2 Å². The number of nitrogens with zero attached hydrogens (tertiary/aromatic N) is 2. The lowest BCUT2D eigenvalue weighted by Crippen LogP contribution is -1.96. The number of sulfone groups is 1. The van der Waals surface area contributed by atoms with Crippen molar-refractivity contribution in [3.63, 3.8) is 0 Å². The first-order chi connectivity index (χ1) is 15.2. The van der Waals surface area contributed by atoms with E-state index in [1.165, 1.54) is 18.0 Å². The van der Waals surface area contributed by atoms with Gasteiger partial charge in [0.15, 0.2) is 20.8 Å². The Bertz CT molecular complexity index is 1050. The van der Waals surface area contributed by atoms with Crippen LogP contribution in [0.2, 0.25) is 5.02 Å². The third-order valence-corrected chi connectivity index (χ3v) is 6.36. The van der Waals surface area contributed by atoms with E-state index >= 15 is 0 Å². The van der Waals surface area contributed by atoms with Gasteiger partial charge in [-0.15, -0.1) is 0 Å². The van der Waals surface area contributed by atoms with Crippen molar-refractivity contribution in [3.05, 3.63) is 53.5 Å². The lowest BCUT2D eigenvalue weighted by Gasteiger charge is -2.03. The van der Waals surface area contributed by atoms with Gasteiger partial charge in [0, 0.05) is 23.9 Å². The first-order valence-electron chi connectivity index (χ1n) is 10.4. The average Bonchev–Trinajstić information content (AvgIpc) is 3.20. The van der Waals surface area contributed by atoms with Gasteiger partial charge in [0.2, 0.25) is 0 Å². The van der Waals surface area contributed by atoms with E-state index in [9.17, 15) is 8.42 Å². The van der Waals surface area contributed by atoms with E-state index < -0.39 is 9.84 Å². The van der Waals surface area contributed by atoms with Crippen LogP contribution in [0.5, 0.6) is 0 Å². The van der Waals surface area contributed by atoms with Gasteiger partial charge < -0.3 is 9.73 Å². The second-order valence-electron chi connectivity index (χ2n) is 6.71. The molecule has 1 unspecified atom stereocenters. The molecule has 2 aromatic heterocycles. The van der Waals surface area contributed by atoms with E-state index in [1.807, 2.05) is 34.0 Å². The lowest BCUT2D eigenvalue weighted by molar-refractivity contribution is 0.395. The summed E-state index contributed by atoms with van der Waals surface area (Å²) in [4.78, 5) is 9.23. The van der Waals surface area contributed by atoms with Gasteiger partial charge in [-0.05, 0) is 56.5 Å². The fraction of sp³-hybridized carbons (Fsp3) is 0.391. The predicted molar refractivity (Wildman–Crippen MR) is 133 cm³/mol. The number of nitrogens with one attached hydrogen (secondary N) is 1. The molecule has 0 aliphatic rings. The van der Waals surface area contributed by atoms with Gasteiger partial charge in [-0.1, -0.05) is 51.4 Å². The summed E-state index contributed by atoms with van der Waals surface area (Å²) in [7, 11) is 0.502. The molecule has 0 fully saturated rings. The Balaban J connectivity index is 0.000000944. The molecule has 9 heteroatoms. The predicted octanol–water partition coefficient (Wildman–Crippen LogP) is 6.32.